The Hall–Kier alpha value is -1.33. The Bertz CT molecular complexity index is 421. The number of carbonyl (C=O) groups is 1. The normalized spacial score (nSPS) is 11.3. The third kappa shape index (κ3) is 3.87. The van der Waals surface area contributed by atoms with Crippen molar-refractivity contribution >= 4 is 23.2 Å². The summed E-state index contributed by atoms with van der Waals surface area (Å²) in [7, 11) is 1.57. The molecule has 17 heavy (non-hydrogen) atoms. The molecule has 0 aromatic carbocycles. The largest absolute Gasteiger partial charge is 0.397 e. The second-order valence-electron chi connectivity index (χ2n) is 4.38. The number of nitrogens with zero attached hydrogens (tertiary/aromatic N) is 1. The zero-order valence-electron chi connectivity index (χ0n) is 10.1. The second kappa shape index (κ2) is 5.33. The number of ether oxygens (including phenoxy) is 1. The summed E-state index contributed by atoms with van der Waals surface area (Å²) in [5, 5.41) is 2.93. The number of rotatable bonds is 4. The van der Waals surface area contributed by atoms with Crippen molar-refractivity contribution < 1.29 is 9.53 Å². The predicted molar refractivity (Wildman–Crippen MR) is 67.1 cm³/mol. The lowest BCUT2D eigenvalue weighted by atomic mass is 10.1. The van der Waals surface area contributed by atoms with Gasteiger partial charge in [0, 0.05) is 7.11 Å². The molecule has 1 aromatic rings. The maximum absolute atomic E-state index is 12.0. The highest BCUT2D eigenvalue weighted by molar-refractivity contribution is 6.32. The van der Waals surface area contributed by atoms with Crippen LogP contribution in [0, 0.1) is 0 Å². The van der Waals surface area contributed by atoms with Gasteiger partial charge in [0.05, 0.1) is 29.6 Å². The summed E-state index contributed by atoms with van der Waals surface area (Å²) in [5.74, 6) is -0.322. The topological polar surface area (TPSA) is 77.2 Å². The lowest BCUT2D eigenvalue weighted by Gasteiger charge is -2.25. The lowest BCUT2D eigenvalue weighted by Crippen LogP contribution is -2.46. The minimum atomic E-state index is -0.486. The quantitative estimate of drug-likeness (QED) is 0.801. The van der Waals surface area contributed by atoms with Crippen molar-refractivity contribution in [2.24, 2.45) is 0 Å². The van der Waals surface area contributed by atoms with Gasteiger partial charge in [-0.1, -0.05) is 11.6 Å². The summed E-state index contributed by atoms with van der Waals surface area (Å²) in [6.07, 6.45) is 1.40. The Morgan fingerprint density at radius 2 is 2.29 bits per heavy atom. The van der Waals surface area contributed by atoms with Gasteiger partial charge in [0.15, 0.2) is 0 Å². The van der Waals surface area contributed by atoms with Crippen LogP contribution in [-0.2, 0) is 4.74 Å². The van der Waals surface area contributed by atoms with Crippen LogP contribution in [0.1, 0.15) is 24.2 Å². The van der Waals surface area contributed by atoms with Gasteiger partial charge < -0.3 is 15.8 Å². The molecule has 1 heterocycles. The average Bonchev–Trinajstić information content (AvgIpc) is 2.20. The number of hydrogen-bond donors (Lipinski definition) is 2. The van der Waals surface area contributed by atoms with E-state index >= 15 is 0 Å². The number of hydrogen-bond acceptors (Lipinski definition) is 4. The van der Waals surface area contributed by atoms with E-state index < -0.39 is 5.54 Å². The van der Waals surface area contributed by atoms with Crippen LogP contribution in [0.25, 0.3) is 0 Å². The third-order valence-electron chi connectivity index (χ3n) is 2.06. The fourth-order valence-corrected chi connectivity index (χ4v) is 1.58. The summed E-state index contributed by atoms with van der Waals surface area (Å²) in [5.41, 5.74) is 5.73. The van der Waals surface area contributed by atoms with Crippen LogP contribution in [0.5, 0.6) is 0 Å². The molecule has 0 radical (unpaired) electrons. The zero-order chi connectivity index (χ0) is 13.1. The van der Waals surface area contributed by atoms with Crippen LogP contribution in [-0.4, -0.2) is 30.1 Å². The first-order chi connectivity index (χ1) is 7.85. The first kappa shape index (κ1) is 13.7. The highest BCUT2D eigenvalue weighted by Gasteiger charge is 2.22. The maximum Gasteiger partial charge on any atom is 0.254 e. The number of amides is 1. The summed E-state index contributed by atoms with van der Waals surface area (Å²) in [4.78, 5) is 15.8. The van der Waals surface area contributed by atoms with Gasteiger partial charge >= 0.3 is 0 Å². The van der Waals surface area contributed by atoms with Gasteiger partial charge in [0.25, 0.3) is 5.91 Å². The van der Waals surface area contributed by atoms with Crippen molar-refractivity contribution in [2.45, 2.75) is 19.4 Å². The number of anilines is 1. The summed E-state index contributed by atoms with van der Waals surface area (Å²) in [6.45, 7) is 4.09. The van der Waals surface area contributed by atoms with Crippen LogP contribution >= 0.6 is 11.6 Å². The van der Waals surface area contributed by atoms with E-state index in [1.807, 2.05) is 13.8 Å². The van der Waals surface area contributed by atoms with E-state index in [2.05, 4.69) is 10.3 Å². The standard InChI is InChI=1S/C11H16ClN3O2/c1-11(2,6-17-3)15-10(16)8-4-7(13)5-14-9(8)12/h4-5H,6,13H2,1-3H3,(H,15,16). The van der Waals surface area contributed by atoms with E-state index in [9.17, 15) is 4.79 Å². The minimum absolute atomic E-state index is 0.130. The van der Waals surface area contributed by atoms with Gasteiger partial charge in [-0.15, -0.1) is 0 Å². The predicted octanol–water partition coefficient (Wildman–Crippen LogP) is 1.47. The van der Waals surface area contributed by atoms with Gasteiger partial charge in [-0.05, 0) is 19.9 Å². The highest BCUT2D eigenvalue weighted by Crippen LogP contribution is 2.16. The number of methoxy groups -OCH3 is 1. The van der Waals surface area contributed by atoms with Gasteiger partial charge in [0.1, 0.15) is 5.15 Å². The lowest BCUT2D eigenvalue weighted by molar-refractivity contribution is 0.0820. The van der Waals surface area contributed by atoms with E-state index in [4.69, 9.17) is 22.1 Å². The molecule has 0 unspecified atom stereocenters. The Labute approximate surface area is 105 Å². The molecular weight excluding hydrogens is 242 g/mol. The molecule has 94 valence electrons. The smallest absolute Gasteiger partial charge is 0.254 e. The summed E-state index contributed by atoms with van der Waals surface area (Å²) >= 11 is 5.84. The third-order valence-corrected chi connectivity index (χ3v) is 2.36. The molecule has 6 heteroatoms. The maximum atomic E-state index is 12.0. The van der Waals surface area contributed by atoms with Crippen LogP contribution in [0.2, 0.25) is 5.15 Å². The first-order valence-electron chi connectivity index (χ1n) is 5.08. The molecule has 0 spiro atoms. The molecule has 0 aliphatic heterocycles. The summed E-state index contributed by atoms with van der Waals surface area (Å²) < 4.78 is 5.01. The van der Waals surface area contributed by atoms with Crippen molar-refractivity contribution in [1.29, 1.82) is 0 Å². The van der Waals surface area contributed by atoms with E-state index in [-0.39, 0.29) is 16.6 Å². The average molecular weight is 258 g/mol. The Morgan fingerprint density at radius 1 is 1.65 bits per heavy atom. The van der Waals surface area contributed by atoms with Crippen LogP contribution in [0.4, 0.5) is 5.69 Å². The second-order valence-corrected chi connectivity index (χ2v) is 4.74. The number of carbonyl (C=O) groups excluding carboxylic acids is 1. The zero-order valence-corrected chi connectivity index (χ0v) is 10.8. The van der Waals surface area contributed by atoms with Crippen molar-refractivity contribution in [1.82, 2.24) is 10.3 Å². The number of nitrogens with one attached hydrogen (secondary N) is 1. The monoisotopic (exact) mass is 257 g/mol. The van der Waals surface area contributed by atoms with Crippen LogP contribution in [0.3, 0.4) is 0 Å². The molecule has 1 aromatic heterocycles. The number of nitrogen functional groups attached to an aromatic ring is 1. The van der Waals surface area contributed by atoms with Gasteiger partial charge in [-0.2, -0.15) is 0 Å². The molecule has 0 saturated heterocycles. The molecule has 0 saturated carbocycles. The molecule has 1 amide bonds. The fraction of sp³-hybridized carbons (Fsp3) is 0.455. The van der Waals surface area contributed by atoms with E-state index in [0.29, 0.717) is 12.3 Å². The number of aromatic nitrogens is 1. The summed E-state index contributed by atoms with van der Waals surface area (Å²) in [6, 6.07) is 1.49. The molecule has 0 atom stereocenters. The minimum Gasteiger partial charge on any atom is -0.397 e. The van der Waals surface area contributed by atoms with Crippen LogP contribution in [0.15, 0.2) is 12.3 Å². The number of pyridine rings is 1. The molecule has 0 aliphatic carbocycles. The fourth-order valence-electron chi connectivity index (χ4n) is 1.40. The molecule has 5 nitrogen and oxygen atoms in total. The molecule has 0 aliphatic rings. The SMILES string of the molecule is COCC(C)(C)NC(=O)c1cc(N)cnc1Cl. The van der Waals surface area contributed by atoms with Crippen molar-refractivity contribution in [3.63, 3.8) is 0 Å². The first-order valence-corrected chi connectivity index (χ1v) is 5.46. The highest BCUT2D eigenvalue weighted by atomic mass is 35.5. The Balaban J connectivity index is 2.86. The van der Waals surface area contributed by atoms with E-state index in [0.717, 1.165) is 0 Å². The van der Waals surface area contributed by atoms with Crippen molar-refractivity contribution in [3.05, 3.63) is 23.0 Å². The van der Waals surface area contributed by atoms with E-state index in [1.165, 1.54) is 12.3 Å². The molecular formula is C11H16ClN3O2. The molecule has 0 fully saturated rings. The Morgan fingerprint density at radius 3 is 2.88 bits per heavy atom. The Kier molecular flexibility index (Phi) is 4.31. The number of nitrogens with two attached hydrogens (primary N) is 1. The van der Waals surface area contributed by atoms with Crippen molar-refractivity contribution in [2.75, 3.05) is 19.5 Å². The van der Waals surface area contributed by atoms with E-state index in [1.54, 1.807) is 7.11 Å². The van der Waals surface area contributed by atoms with Crippen LogP contribution < -0.4 is 11.1 Å². The van der Waals surface area contributed by atoms with Gasteiger partial charge in [-0.3, -0.25) is 4.79 Å². The molecule has 0 bridgehead atoms. The van der Waals surface area contributed by atoms with Gasteiger partial charge in [-0.25, -0.2) is 4.98 Å². The number of halogens is 1. The molecule has 3 N–H and O–H groups in total. The van der Waals surface area contributed by atoms with Crippen molar-refractivity contribution in [3.8, 4) is 0 Å². The van der Waals surface area contributed by atoms with Gasteiger partial charge in [0.2, 0.25) is 0 Å². The molecule has 1 rings (SSSR count).